The minimum Gasteiger partial charge on any atom is -0.693 e. The van der Waals surface area contributed by atoms with E-state index in [9.17, 15) is 8.42 Å². The zero-order valence-corrected chi connectivity index (χ0v) is 18.7. The van der Waals surface area contributed by atoms with Crippen LogP contribution < -0.4 is 14.9 Å². The number of likely N-dealkylation sites (tertiary alicyclic amines) is 1. The fourth-order valence-corrected chi connectivity index (χ4v) is 5.12. The van der Waals surface area contributed by atoms with Crippen LogP contribution in [0.25, 0.3) is 0 Å². The molecule has 0 aromatic heterocycles. The molecule has 1 fully saturated rings. The molecule has 10 heteroatoms. The number of quaternary nitrogens is 1. The summed E-state index contributed by atoms with van der Waals surface area (Å²) in [5.41, 5.74) is 2.10. The van der Waals surface area contributed by atoms with Crippen molar-refractivity contribution < 1.29 is 18.0 Å². The standard InChI is InChI=1S/C20H24N6O2S2/c1-14-25(3)22-20(29)26(14)18-8-4-7-16(10-18)23-30(27,28)19-9-5-6-15(11-19)21-17-12-24(2)13-17/h4-11,17,21,23H,12-13H2,1-3H3/p+1. The summed E-state index contributed by atoms with van der Waals surface area (Å²) in [6.07, 6.45) is 0. The fraction of sp³-hybridized carbons (Fsp3) is 0.300. The average molecular weight is 446 g/mol. The van der Waals surface area contributed by atoms with Crippen LogP contribution >= 0.6 is 0 Å². The zero-order chi connectivity index (χ0) is 21.5. The molecule has 0 saturated carbocycles. The van der Waals surface area contributed by atoms with Gasteiger partial charge in [0.05, 0.1) is 23.5 Å². The number of nitrogens with zero attached hydrogens (tertiary/aromatic N) is 3. The largest absolute Gasteiger partial charge is 0.693 e. The van der Waals surface area contributed by atoms with Gasteiger partial charge in [0.15, 0.2) is 12.2 Å². The van der Waals surface area contributed by atoms with Crippen LogP contribution in [0.2, 0.25) is 0 Å². The maximum Gasteiger partial charge on any atom is 0.373 e. The van der Waals surface area contributed by atoms with Crippen molar-refractivity contribution in [2.45, 2.75) is 17.9 Å². The van der Waals surface area contributed by atoms with E-state index in [1.54, 1.807) is 41.1 Å². The Morgan fingerprint density at radius 3 is 2.53 bits per heavy atom. The molecule has 1 saturated heterocycles. The van der Waals surface area contributed by atoms with Crippen LogP contribution in [0.3, 0.4) is 0 Å². The number of sulfonamides is 1. The highest BCUT2D eigenvalue weighted by atomic mass is 32.2. The van der Waals surface area contributed by atoms with E-state index in [4.69, 9.17) is 12.6 Å². The molecular weight excluding hydrogens is 420 g/mol. The minimum absolute atomic E-state index is 0.215. The van der Waals surface area contributed by atoms with E-state index < -0.39 is 10.0 Å². The summed E-state index contributed by atoms with van der Waals surface area (Å²) in [6.45, 7) is 3.83. The SMILES string of the molecule is CC1=[N+](C)N=C([S-])[NH+]1c1cccc(NS(=O)(=O)c2cccc(NC3CN(C)C3)c2)c1. The van der Waals surface area contributed by atoms with Crippen molar-refractivity contribution in [3.8, 4) is 0 Å². The smallest absolute Gasteiger partial charge is 0.373 e. The number of hydrogen-bond acceptors (Lipinski definition) is 6. The molecule has 2 aromatic carbocycles. The van der Waals surface area contributed by atoms with E-state index >= 15 is 0 Å². The van der Waals surface area contributed by atoms with Gasteiger partial charge in [0.1, 0.15) is 5.69 Å². The Hall–Kier alpha value is -2.53. The topological polar surface area (TPSA) is 81.2 Å². The molecule has 2 aliphatic rings. The van der Waals surface area contributed by atoms with Gasteiger partial charge in [0.25, 0.3) is 10.0 Å². The summed E-state index contributed by atoms with van der Waals surface area (Å²) in [4.78, 5) is 3.25. The number of hydrazone groups is 1. The third kappa shape index (κ3) is 4.17. The Kier molecular flexibility index (Phi) is 5.49. The molecule has 0 radical (unpaired) electrons. The van der Waals surface area contributed by atoms with Gasteiger partial charge in [-0.3, -0.25) is 4.72 Å². The Morgan fingerprint density at radius 2 is 1.87 bits per heavy atom. The molecule has 3 N–H and O–H groups in total. The highest BCUT2D eigenvalue weighted by Gasteiger charge is 2.31. The minimum atomic E-state index is -3.73. The molecule has 4 rings (SSSR count). The number of benzene rings is 2. The molecule has 1 atom stereocenters. The quantitative estimate of drug-likeness (QED) is 0.449. The summed E-state index contributed by atoms with van der Waals surface area (Å²) in [6, 6.07) is 14.4. The zero-order valence-electron chi connectivity index (χ0n) is 17.1. The van der Waals surface area contributed by atoms with Gasteiger partial charge in [-0.05, 0) is 36.0 Å². The van der Waals surface area contributed by atoms with Gasteiger partial charge in [0, 0.05) is 36.0 Å². The first kappa shape index (κ1) is 20.7. The monoisotopic (exact) mass is 445 g/mol. The third-order valence-electron chi connectivity index (χ3n) is 5.28. The number of nitrogens with one attached hydrogen (secondary N) is 3. The van der Waals surface area contributed by atoms with Crippen LogP contribution in [-0.4, -0.2) is 62.2 Å². The molecule has 158 valence electrons. The lowest BCUT2D eigenvalue weighted by atomic mass is 10.1. The van der Waals surface area contributed by atoms with Gasteiger partial charge in [-0.25, -0.2) is 8.42 Å². The molecule has 2 aliphatic heterocycles. The van der Waals surface area contributed by atoms with Gasteiger partial charge in [0.2, 0.25) is 0 Å². The molecule has 0 bridgehead atoms. The summed E-state index contributed by atoms with van der Waals surface area (Å²) >= 11 is 5.36. The van der Waals surface area contributed by atoms with Gasteiger partial charge < -0.3 is 22.8 Å². The first-order valence-electron chi connectivity index (χ1n) is 9.62. The van der Waals surface area contributed by atoms with Crippen LogP contribution in [0.15, 0.2) is 58.5 Å². The van der Waals surface area contributed by atoms with Crippen LogP contribution in [0.4, 0.5) is 17.1 Å². The van der Waals surface area contributed by atoms with E-state index in [2.05, 4.69) is 27.1 Å². The predicted octanol–water partition coefficient (Wildman–Crippen LogP) is 0.622. The number of likely N-dealkylation sites (N-methyl/N-ethyl adjacent to an activating group) is 1. The van der Waals surface area contributed by atoms with Crippen molar-refractivity contribution in [2.24, 2.45) is 5.10 Å². The number of amidine groups is 2. The maximum absolute atomic E-state index is 13.0. The Morgan fingerprint density at radius 1 is 1.17 bits per heavy atom. The second-order valence-corrected chi connectivity index (χ2v) is 9.73. The van der Waals surface area contributed by atoms with Crippen molar-refractivity contribution in [1.29, 1.82) is 0 Å². The highest BCUT2D eigenvalue weighted by molar-refractivity contribution is 7.92. The summed E-state index contributed by atoms with van der Waals surface area (Å²) < 4.78 is 30.4. The molecule has 2 aromatic rings. The second-order valence-electron chi connectivity index (χ2n) is 7.67. The van der Waals surface area contributed by atoms with E-state index in [-0.39, 0.29) is 4.90 Å². The molecule has 2 heterocycles. The predicted molar refractivity (Wildman–Crippen MR) is 121 cm³/mol. The second kappa shape index (κ2) is 7.95. The van der Waals surface area contributed by atoms with Crippen molar-refractivity contribution in [3.05, 3.63) is 48.5 Å². The first-order chi connectivity index (χ1) is 14.2. The lowest BCUT2D eigenvalue weighted by Gasteiger charge is -2.37. The van der Waals surface area contributed by atoms with Gasteiger partial charge in [-0.2, -0.15) is 4.90 Å². The van der Waals surface area contributed by atoms with Gasteiger partial charge in [-0.1, -0.05) is 12.1 Å². The molecule has 0 aliphatic carbocycles. The van der Waals surface area contributed by atoms with Crippen LogP contribution in [0.1, 0.15) is 6.92 Å². The highest BCUT2D eigenvalue weighted by Crippen LogP contribution is 2.22. The number of rotatable bonds is 6. The summed E-state index contributed by atoms with van der Waals surface area (Å²) in [7, 11) is 0.159. The van der Waals surface area contributed by atoms with Crippen LogP contribution in [0, 0.1) is 0 Å². The Bertz CT molecular complexity index is 1140. The van der Waals surface area contributed by atoms with E-state index in [1.807, 2.05) is 26.1 Å². The van der Waals surface area contributed by atoms with Crippen molar-refractivity contribution in [2.75, 3.05) is 37.2 Å². The third-order valence-corrected chi connectivity index (χ3v) is 6.95. The molecule has 30 heavy (non-hydrogen) atoms. The van der Waals surface area contributed by atoms with Gasteiger partial charge >= 0.3 is 5.84 Å². The lowest BCUT2D eigenvalue weighted by molar-refractivity contribution is -0.646. The van der Waals surface area contributed by atoms with E-state index in [0.717, 1.165) is 35.2 Å². The lowest BCUT2D eigenvalue weighted by Crippen LogP contribution is -3.11. The van der Waals surface area contributed by atoms with E-state index in [1.165, 1.54) is 0 Å². The summed E-state index contributed by atoms with van der Waals surface area (Å²) in [5, 5.41) is 8.14. The van der Waals surface area contributed by atoms with E-state index in [0.29, 0.717) is 16.9 Å². The van der Waals surface area contributed by atoms with Crippen LogP contribution in [-0.2, 0) is 22.7 Å². The first-order valence-corrected chi connectivity index (χ1v) is 11.5. The molecule has 0 amide bonds. The normalized spacial score (nSPS) is 20.1. The Balaban J connectivity index is 1.54. The fourth-order valence-electron chi connectivity index (χ4n) is 3.64. The summed E-state index contributed by atoms with van der Waals surface area (Å²) in [5.74, 6) is 0.931. The molecule has 1 unspecified atom stereocenters. The molecule has 8 nitrogen and oxygen atoms in total. The maximum atomic E-state index is 13.0. The molecular formula is C20H25N6O2S2+. The molecule has 0 spiro atoms. The van der Waals surface area contributed by atoms with Crippen molar-refractivity contribution in [1.82, 2.24) is 4.90 Å². The van der Waals surface area contributed by atoms with Crippen LogP contribution in [0.5, 0.6) is 0 Å². The van der Waals surface area contributed by atoms with Crippen molar-refractivity contribution in [3.63, 3.8) is 0 Å². The number of anilines is 2. The number of hydrogen-bond donors (Lipinski definition) is 3. The average Bonchev–Trinajstić information content (AvgIpc) is 2.92. The van der Waals surface area contributed by atoms with Crippen molar-refractivity contribution >= 4 is 50.7 Å². The Labute approximate surface area is 182 Å². The van der Waals surface area contributed by atoms with Gasteiger partial charge in [-0.15, -0.1) is 0 Å².